The Hall–Kier alpha value is -3.29. The number of piperidine rings is 1. The molecule has 5 rings (SSSR count). The number of carbonyl (C=O) groups excluding carboxylic acids is 2. The van der Waals surface area contributed by atoms with E-state index in [4.69, 9.17) is 4.74 Å². The number of fused-ring (bicyclic) bond motifs is 1. The Morgan fingerprint density at radius 3 is 2.39 bits per heavy atom. The first kappa shape index (κ1) is 21.6. The summed E-state index contributed by atoms with van der Waals surface area (Å²) in [6, 6.07) is 13.6. The zero-order valence-electron chi connectivity index (χ0n) is 18.9. The molecule has 0 saturated carbocycles. The predicted octanol–water partition coefficient (Wildman–Crippen LogP) is 2.01. The molecule has 33 heavy (non-hydrogen) atoms. The third-order valence-corrected chi connectivity index (χ3v) is 6.74. The molecule has 2 saturated heterocycles. The monoisotopic (exact) mass is 449 g/mol. The first-order valence-corrected chi connectivity index (χ1v) is 11.9. The molecule has 0 bridgehead atoms. The Morgan fingerprint density at radius 1 is 0.879 bits per heavy atom. The molecule has 1 unspecified atom stereocenters. The van der Waals surface area contributed by atoms with E-state index in [0.29, 0.717) is 25.4 Å². The number of piperazine rings is 1. The van der Waals surface area contributed by atoms with Gasteiger partial charge in [-0.2, -0.15) is 0 Å². The SMILES string of the molecule is O=C(CN1CC(C(=O)N2CCCCC2)Oc2ccccc21)N1CCN(c2ccccn2)CC1. The lowest BCUT2D eigenvalue weighted by atomic mass is 10.1. The van der Waals surface area contributed by atoms with Crippen LogP contribution in [-0.4, -0.2) is 85.1 Å². The van der Waals surface area contributed by atoms with Crippen molar-refractivity contribution in [3.8, 4) is 5.75 Å². The average molecular weight is 450 g/mol. The number of aromatic nitrogens is 1. The van der Waals surface area contributed by atoms with E-state index in [9.17, 15) is 9.59 Å². The number of likely N-dealkylation sites (tertiary alicyclic amines) is 1. The topological polar surface area (TPSA) is 69.2 Å². The van der Waals surface area contributed by atoms with Crippen LogP contribution >= 0.6 is 0 Å². The van der Waals surface area contributed by atoms with Gasteiger partial charge in [0.1, 0.15) is 11.6 Å². The minimum atomic E-state index is -0.577. The number of rotatable bonds is 4. The van der Waals surface area contributed by atoms with Crippen LogP contribution in [-0.2, 0) is 9.59 Å². The first-order valence-electron chi connectivity index (χ1n) is 11.9. The Morgan fingerprint density at radius 2 is 1.64 bits per heavy atom. The summed E-state index contributed by atoms with van der Waals surface area (Å²) in [4.78, 5) is 38.8. The molecule has 0 aliphatic carbocycles. The molecule has 2 fully saturated rings. The molecule has 4 heterocycles. The summed E-state index contributed by atoms with van der Waals surface area (Å²) in [5.74, 6) is 1.74. The van der Waals surface area contributed by atoms with Gasteiger partial charge in [-0.05, 0) is 43.5 Å². The highest BCUT2D eigenvalue weighted by molar-refractivity contribution is 5.86. The van der Waals surface area contributed by atoms with E-state index in [-0.39, 0.29) is 18.4 Å². The molecular weight excluding hydrogens is 418 g/mol. The van der Waals surface area contributed by atoms with E-state index < -0.39 is 6.10 Å². The van der Waals surface area contributed by atoms with E-state index in [2.05, 4.69) is 9.88 Å². The van der Waals surface area contributed by atoms with Crippen LogP contribution in [0.15, 0.2) is 48.7 Å². The molecule has 1 aromatic carbocycles. The summed E-state index contributed by atoms with van der Waals surface area (Å²) >= 11 is 0. The number of para-hydroxylation sites is 2. The smallest absolute Gasteiger partial charge is 0.265 e. The van der Waals surface area contributed by atoms with Crippen molar-refractivity contribution in [2.24, 2.45) is 0 Å². The summed E-state index contributed by atoms with van der Waals surface area (Å²) in [7, 11) is 0. The van der Waals surface area contributed by atoms with Gasteiger partial charge in [-0.1, -0.05) is 18.2 Å². The van der Waals surface area contributed by atoms with Crippen molar-refractivity contribution in [3.05, 3.63) is 48.7 Å². The van der Waals surface area contributed by atoms with Gasteiger partial charge in [0, 0.05) is 45.5 Å². The van der Waals surface area contributed by atoms with Gasteiger partial charge < -0.3 is 24.3 Å². The number of hydrogen-bond donors (Lipinski definition) is 0. The second-order valence-corrected chi connectivity index (χ2v) is 8.90. The molecule has 0 spiro atoms. The molecule has 3 aliphatic heterocycles. The number of anilines is 2. The third kappa shape index (κ3) is 4.74. The second-order valence-electron chi connectivity index (χ2n) is 8.90. The number of hydrogen-bond acceptors (Lipinski definition) is 6. The van der Waals surface area contributed by atoms with E-state index in [1.54, 1.807) is 6.20 Å². The average Bonchev–Trinajstić information content (AvgIpc) is 2.89. The maximum atomic E-state index is 13.2. The van der Waals surface area contributed by atoms with Crippen molar-refractivity contribution in [1.82, 2.24) is 14.8 Å². The maximum absolute atomic E-state index is 13.2. The largest absolute Gasteiger partial charge is 0.477 e. The lowest BCUT2D eigenvalue weighted by Gasteiger charge is -2.40. The standard InChI is InChI=1S/C25H31N5O3/c31-24(28-16-14-27(15-17-28)23-10-4-5-11-26-23)19-30-18-22(25(32)29-12-6-1-7-13-29)33-21-9-3-2-8-20(21)30/h2-5,8-11,22H,1,6-7,12-19H2. The van der Waals surface area contributed by atoms with Crippen LogP contribution in [0.2, 0.25) is 0 Å². The predicted molar refractivity (Wildman–Crippen MR) is 127 cm³/mol. The molecule has 1 atom stereocenters. The van der Waals surface area contributed by atoms with Gasteiger partial charge >= 0.3 is 0 Å². The van der Waals surface area contributed by atoms with Crippen LogP contribution in [0.1, 0.15) is 19.3 Å². The quantitative estimate of drug-likeness (QED) is 0.711. The van der Waals surface area contributed by atoms with Gasteiger partial charge in [-0.25, -0.2) is 4.98 Å². The van der Waals surface area contributed by atoms with Gasteiger partial charge in [0.15, 0.2) is 6.10 Å². The number of carbonyl (C=O) groups is 2. The highest BCUT2D eigenvalue weighted by Crippen LogP contribution is 2.33. The first-order chi connectivity index (χ1) is 16.2. The molecule has 2 amide bonds. The van der Waals surface area contributed by atoms with Crippen molar-refractivity contribution in [3.63, 3.8) is 0 Å². The molecule has 8 nitrogen and oxygen atoms in total. The summed E-state index contributed by atoms with van der Waals surface area (Å²) < 4.78 is 6.10. The van der Waals surface area contributed by atoms with Gasteiger partial charge in [-0.15, -0.1) is 0 Å². The molecule has 174 valence electrons. The Labute approximate surface area is 194 Å². The van der Waals surface area contributed by atoms with Crippen molar-refractivity contribution < 1.29 is 14.3 Å². The molecule has 2 aromatic rings. The lowest BCUT2D eigenvalue weighted by Crippen LogP contribution is -2.55. The highest BCUT2D eigenvalue weighted by Gasteiger charge is 2.35. The van der Waals surface area contributed by atoms with Crippen LogP contribution in [0, 0.1) is 0 Å². The number of ether oxygens (including phenoxy) is 1. The second kappa shape index (κ2) is 9.68. The summed E-state index contributed by atoms with van der Waals surface area (Å²) in [6.07, 6.45) is 4.48. The lowest BCUT2D eigenvalue weighted by molar-refractivity contribution is -0.140. The van der Waals surface area contributed by atoms with Crippen molar-refractivity contribution in [1.29, 1.82) is 0 Å². The number of amides is 2. The van der Waals surface area contributed by atoms with Gasteiger partial charge in [0.2, 0.25) is 5.91 Å². The molecular formula is C25H31N5O3. The van der Waals surface area contributed by atoms with Crippen LogP contribution in [0.4, 0.5) is 11.5 Å². The van der Waals surface area contributed by atoms with Gasteiger partial charge in [-0.3, -0.25) is 9.59 Å². The highest BCUT2D eigenvalue weighted by atomic mass is 16.5. The Kier molecular flexibility index (Phi) is 6.32. The zero-order valence-corrected chi connectivity index (χ0v) is 18.9. The van der Waals surface area contributed by atoms with E-state index in [0.717, 1.165) is 50.5 Å². The van der Waals surface area contributed by atoms with Crippen LogP contribution < -0.4 is 14.5 Å². The van der Waals surface area contributed by atoms with E-state index in [1.807, 2.05) is 57.2 Å². The fourth-order valence-electron chi connectivity index (χ4n) is 4.89. The van der Waals surface area contributed by atoms with Crippen molar-refractivity contribution in [2.45, 2.75) is 25.4 Å². The molecule has 1 aromatic heterocycles. The van der Waals surface area contributed by atoms with Crippen LogP contribution in [0.3, 0.4) is 0 Å². The number of nitrogens with zero attached hydrogens (tertiary/aromatic N) is 5. The van der Waals surface area contributed by atoms with Gasteiger partial charge in [0.25, 0.3) is 5.91 Å². The van der Waals surface area contributed by atoms with Crippen molar-refractivity contribution in [2.75, 3.05) is 62.2 Å². The summed E-state index contributed by atoms with van der Waals surface area (Å²) in [6.45, 7) is 5.07. The zero-order chi connectivity index (χ0) is 22.6. The minimum absolute atomic E-state index is 0.0330. The molecule has 8 heteroatoms. The minimum Gasteiger partial charge on any atom is -0.477 e. The van der Waals surface area contributed by atoms with E-state index in [1.165, 1.54) is 6.42 Å². The van der Waals surface area contributed by atoms with Gasteiger partial charge in [0.05, 0.1) is 18.8 Å². The Bertz CT molecular complexity index is 971. The number of pyridine rings is 1. The fourth-order valence-corrected chi connectivity index (χ4v) is 4.89. The molecule has 3 aliphatic rings. The fraction of sp³-hybridized carbons (Fsp3) is 0.480. The molecule has 0 N–H and O–H groups in total. The van der Waals surface area contributed by atoms with Crippen molar-refractivity contribution >= 4 is 23.3 Å². The molecule has 0 radical (unpaired) electrons. The number of benzene rings is 1. The van der Waals surface area contributed by atoms with E-state index >= 15 is 0 Å². The normalized spacial score (nSPS) is 20.8. The summed E-state index contributed by atoms with van der Waals surface area (Å²) in [5.41, 5.74) is 0.876. The summed E-state index contributed by atoms with van der Waals surface area (Å²) in [5, 5.41) is 0. The third-order valence-electron chi connectivity index (χ3n) is 6.74. The van der Waals surface area contributed by atoms with Crippen LogP contribution in [0.25, 0.3) is 0 Å². The van der Waals surface area contributed by atoms with Crippen LogP contribution in [0.5, 0.6) is 5.75 Å². The maximum Gasteiger partial charge on any atom is 0.265 e. The Balaban J connectivity index is 1.24.